The highest BCUT2D eigenvalue weighted by Crippen LogP contribution is 2.27. The summed E-state index contributed by atoms with van der Waals surface area (Å²) < 4.78 is 29.6. The lowest BCUT2D eigenvalue weighted by molar-refractivity contribution is 0.0596. The Balaban J connectivity index is 1.66. The molecule has 0 heterocycles. The van der Waals surface area contributed by atoms with E-state index in [-0.39, 0.29) is 17.0 Å². The number of ether oxygens (including phenoxy) is 3. The largest absolute Gasteiger partial charge is 0.496 e. The molecule has 0 bridgehead atoms. The summed E-state index contributed by atoms with van der Waals surface area (Å²) in [7, 11) is 2.50. The minimum absolute atomic E-state index is 0.0703. The molecule has 0 aliphatic carbocycles. The molecule has 0 aliphatic rings. The summed E-state index contributed by atoms with van der Waals surface area (Å²) in [5.41, 5.74) is 0.241. The van der Waals surface area contributed by atoms with Gasteiger partial charge < -0.3 is 24.8 Å². The molecule has 0 radical (unpaired) electrons. The van der Waals surface area contributed by atoms with Gasteiger partial charge in [-0.25, -0.2) is 14.0 Å². The number of para-hydroxylation sites is 1. The Kier molecular flexibility index (Phi) is 6.49. The highest BCUT2D eigenvalue weighted by atomic mass is 19.1. The zero-order chi connectivity index (χ0) is 21.5. The fourth-order valence-electron chi connectivity index (χ4n) is 2.60. The molecule has 30 heavy (non-hydrogen) atoms. The van der Waals surface area contributed by atoms with E-state index in [1.165, 1.54) is 20.3 Å². The van der Waals surface area contributed by atoms with Crippen molar-refractivity contribution in [3.8, 4) is 17.2 Å². The topological polar surface area (TPSA) is 85.9 Å². The Bertz CT molecular complexity index is 1040. The number of carbonyl (C=O) groups excluding carboxylic acids is 2. The number of nitrogens with one attached hydrogen (secondary N) is 2. The van der Waals surface area contributed by atoms with Gasteiger partial charge in [-0.15, -0.1) is 0 Å². The van der Waals surface area contributed by atoms with Crippen LogP contribution in [-0.4, -0.2) is 26.2 Å². The maximum Gasteiger partial charge on any atom is 0.341 e. The SMILES string of the molecule is COC(=O)c1cc(F)c(NC(=O)Nc2ccc(Oc3ccccc3)cc2)cc1OC. The molecule has 8 heteroatoms. The number of halogens is 1. The molecule has 3 aromatic carbocycles. The fourth-order valence-corrected chi connectivity index (χ4v) is 2.60. The number of carbonyl (C=O) groups is 2. The lowest BCUT2D eigenvalue weighted by atomic mass is 10.1. The summed E-state index contributed by atoms with van der Waals surface area (Å²) in [4.78, 5) is 23.9. The van der Waals surface area contributed by atoms with Gasteiger partial charge in [-0.3, -0.25) is 0 Å². The molecule has 0 fully saturated rings. The third-order valence-corrected chi connectivity index (χ3v) is 4.03. The maximum atomic E-state index is 14.3. The molecule has 7 nitrogen and oxygen atoms in total. The summed E-state index contributed by atoms with van der Waals surface area (Å²) in [6.45, 7) is 0. The summed E-state index contributed by atoms with van der Waals surface area (Å²) in [5, 5.41) is 4.97. The molecular weight excluding hydrogens is 391 g/mol. The zero-order valence-corrected chi connectivity index (χ0v) is 16.3. The quantitative estimate of drug-likeness (QED) is 0.555. The molecular formula is C22H19FN2O5. The van der Waals surface area contributed by atoms with Crippen molar-refractivity contribution in [2.75, 3.05) is 24.9 Å². The van der Waals surface area contributed by atoms with E-state index in [1.54, 1.807) is 24.3 Å². The zero-order valence-electron chi connectivity index (χ0n) is 16.3. The van der Waals surface area contributed by atoms with Crippen LogP contribution in [0.5, 0.6) is 17.2 Å². The van der Waals surface area contributed by atoms with Crippen molar-refractivity contribution in [2.24, 2.45) is 0 Å². The number of hydrogen-bond acceptors (Lipinski definition) is 5. The van der Waals surface area contributed by atoms with E-state index in [2.05, 4.69) is 15.4 Å². The van der Waals surface area contributed by atoms with Crippen molar-refractivity contribution in [1.82, 2.24) is 0 Å². The molecule has 0 atom stereocenters. The van der Waals surface area contributed by atoms with Crippen LogP contribution in [0.25, 0.3) is 0 Å². The first-order valence-electron chi connectivity index (χ1n) is 8.87. The van der Waals surface area contributed by atoms with Crippen molar-refractivity contribution >= 4 is 23.4 Å². The molecule has 0 aliphatic heterocycles. The standard InChI is InChI=1S/C22H19FN2O5/c1-28-20-13-19(18(23)12-17(20)21(26)29-2)25-22(27)24-14-8-10-16(11-9-14)30-15-6-4-3-5-7-15/h3-13H,1-2H3,(H2,24,25,27). The average molecular weight is 410 g/mol. The van der Waals surface area contributed by atoms with Gasteiger partial charge in [0, 0.05) is 11.8 Å². The number of hydrogen-bond donors (Lipinski definition) is 2. The van der Waals surface area contributed by atoms with Crippen LogP contribution < -0.4 is 20.1 Å². The fraction of sp³-hybridized carbons (Fsp3) is 0.0909. The van der Waals surface area contributed by atoms with Gasteiger partial charge in [0.15, 0.2) is 0 Å². The highest BCUT2D eigenvalue weighted by Gasteiger charge is 2.18. The van der Waals surface area contributed by atoms with E-state index in [1.807, 2.05) is 30.3 Å². The van der Waals surface area contributed by atoms with Crippen LogP contribution in [0.3, 0.4) is 0 Å². The van der Waals surface area contributed by atoms with Gasteiger partial charge in [0.25, 0.3) is 0 Å². The summed E-state index contributed by atoms with van der Waals surface area (Å²) in [6.07, 6.45) is 0. The first kappa shape index (κ1) is 20.7. The van der Waals surface area contributed by atoms with E-state index in [9.17, 15) is 14.0 Å². The van der Waals surface area contributed by atoms with Crippen LogP contribution in [0.1, 0.15) is 10.4 Å². The molecule has 2 amide bonds. The molecule has 0 aromatic heterocycles. The minimum Gasteiger partial charge on any atom is -0.496 e. The lowest BCUT2D eigenvalue weighted by Gasteiger charge is -2.12. The summed E-state index contributed by atoms with van der Waals surface area (Å²) in [6, 6.07) is 17.4. The normalized spacial score (nSPS) is 10.1. The van der Waals surface area contributed by atoms with Crippen LogP contribution in [0.4, 0.5) is 20.6 Å². The van der Waals surface area contributed by atoms with Gasteiger partial charge in [-0.2, -0.15) is 0 Å². The Morgan fingerprint density at radius 2 is 1.53 bits per heavy atom. The number of rotatable bonds is 6. The number of benzene rings is 3. The van der Waals surface area contributed by atoms with Gasteiger partial charge in [0.1, 0.15) is 28.6 Å². The van der Waals surface area contributed by atoms with Crippen molar-refractivity contribution in [3.63, 3.8) is 0 Å². The predicted octanol–water partition coefficient (Wildman–Crippen LogP) is 5.06. The van der Waals surface area contributed by atoms with Crippen LogP contribution in [0, 0.1) is 5.82 Å². The van der Waals surface area contributed by atoms with E-state index >= 15 is 0 Å². The Morgan fingerprint density at radius 3 is 2.17 bits per heavy atom. The van der Waals surface area contributed by atoms with Crippen molar-refractivity contribution in [3.05, 3.63) is 78.1 Å². The molecule has 0 unspecified atom stereocenters. The number of urea groups is 1. The molecule has 154 valence electrons. The number of amides is 2. The maximum absolute atomic E-state index is 14.3. The Hall–Kier alpha value is -4.07. The third kappa shape index (κ3) is 5.05. The van der Waals surface area contributed by atoms with Gasteiger partial charge >= 0.3 is 12.0 Å². The van der Waals surface area contributed by atoms with Gasteiger partial charge in [-0.1, -0.05) is 18.2 Å². The first-order valence-corrected chi connectivity index (χ1v) is 8.87. The second-order valence-electron chi connectivity index (χ2n) is 6.04. The second kappa shape index (κ2) is 9.42. The van der Waals surface area contributed by atoms with E-state index in [0.29, 0.717) is 17.2 Å². The van der Waals surface area contributed by atoms with Crippen LogP contribution in [-0.2, 0) is 4.74 Å². The molecule has 3 aromatic rings. The van der Waals surface area contributed by atoms with E-state index < -0.39 is 17.8 Å². The molecule has 0 saturated carbocycles. The summed E-state index contributed by atoms with van der Waals surface area (Å²) >= 11 is 0. The van der Waals surface area contributed by atoms with Crippen molar-refractivity contribution in [1.29, 1.82) is 0 Å². The highest BCUT2D eigenvalue weighted by molar-refractivity contribution is 6.01. The van der Waals surface area contributed by atoms with Crippen LogP contribution in [0.15, 0.2) is 66.7 Å². The van der Waals surface area contributed by atoms with Crippen LogP contribution >= 0.6 is 0 Å². The minimum atomic E-state index is -0.807. The van der Waals surface area contributed by atoms with Gasteiger partial charge in [-0.05, 0) is 42.5 Å². The Morgan fingerprint density at radius 1 is 0.867 bits per heavy atom. The monoisotopic (exact) mass is 410 g/mol. The van der Waals surface area contributed by atoms with E-state index in [4.69, 9.17) is 9.47 Å². The number of methoxy groups -OCH3 is 2. The smallest absolute Gasteiger partial charge is 0.341 e. The second-order valence-corrected chi connectivity index (χ2v) is 6.04. The predicted molar refractivity (Wildman–Crippen MR) is 110 cm³/mol. The molecule has 0 saturated heterocycles. The summed E-state index contributed by atoms with van der Waals surface area (Å²) in [5.74, 6) is -0.199. The Labute approximate surface area is 172 Å². The first-order chi connectivity index (χ1) is 14.5. The average Bonchev–Trinajstić information content (AvgIpc) is 2.76. The number of anilines is 2. The molecule has 2 N–H and O–H groups in total. The van der Waals surface area contributed by atoms with E-state index in [0.717, 1.165) is 6.07 Å². The molecule has 3 rings (SSSR count). The lowest BCUT2D eigenvalue weighted by Crippen LogP contribution is -2.20. The number of esters is 1. The van der Waals surface area contributed by atoms with Crippen LogP contribution in [0.2, 0.25) is 0 Å². The van der Waals surface area contributed by atoms with Gasteiger partial charge in [0.05, 0.1) is 19.9 Å². The van der Waals surface area contributed by atoms with Gasteiger partial charge in [0.2, 0.25) is 0 Å². The van der Waals surface area contributed by atoms with Crippen molar-refractivity contribution in [2.45, 2.75) is 0 Å². The third-order valence-electron chi connectivity index (χ3n) is 4.03. The molecule has 0 spiro atoms. The van der Waals surface area contributed by atoms with Crippen molar-refractivity contribution < 1.29 is 28.2 Å².